The molecule has 1 aliphatic heterocycles. The molecule has 1 atom stereocenters. The van der Waals surface area contributed by atoms with Gasteiger partial charge in [-0.1, -0.05) is 6.92 Å². The van der Waals surface area contributed by atoms with Gasteiger partial charge in [0.05, 0.1) is 24.8 Å². The van der Waals surface area contributed by atoms with E-state index < -0.39 is 0 Å². The van der Waals surface area contributed by atoms with Crippen LogP contribution in [0.3, 0.4) is 0 Å². The molecule has 1 saturated heterocycles. The Kier molecular flexibility index (Phi) is 5.19. The number of anilines is 1. The SMILES string of the molecule is CCCN(CC1CC1)C1CC(=O)N(c2ccc(OCC)cc2)C1=O. The average molecular weight is 330 g/mol. The summed E-state index contributed by atoms with van der Waals surface area (Å²) in [5.74, 6) is 1.27. The van der Waals surface area contributed by atoms with E-state index in [0.717, 1.165) is 25.3 Å². The molecule has 1 aromatic carbocycles. The molecular formula is C19H26N2O3. The van der Waals surface area contributed by atoms with Crippen LogP contribution in [0.25, 0.3) is 0 Å². The molecule has 130 valence electrons. The number of carbonyl (C=O) groups excluding carboxylic acids is 2. The molecule has 2 amide bonds. The summed E-state index contributed by atoms with van der Waals surface area (Å²) in [4.78, 5) is 28.9. The Morgan fingerprint density at radius 2 is 1.88 bits per heavy atom. The fraction of sp³-hybridized carbons (Fsp3) is 0.579. The molecule has 0 radical (unpaired) electrons. The van der Waals surface area contributed by atoms with E-state index in [1.807, 2.05) is 6.92 Å². The molecule has 24 heavy (non-hydrogen) atoms. The van der Waals surface area contributed by atoms with Gasteiger partial charge in [0.25, 0.3) is 5.91 Å². The predicted octanol–water partition coefficient (Wildman–Crippen LogP) is 2.84. The van der Waals surface area contributed by atoms with Crippen LogP contribution in [-0.4, -0.2) is 42.5 Å². The smallest absolute Gasteiger partial charge is 0.251 e. The third kappa shape index (κ3) is 3.61. The van der Waals surface area contributed by atoms with Gasteiger partial charge < -0.3 is 4.74 Å². The predicted molar refractivity (Wildman–Crippen MR) is 93.1 cm³/mol. The van der Waals surface area contributed by atoms with Gasteiger partial charge in [-0.15, -0.1) is 0 Å². The highest BCUT2D eigenvalue weighted by Gasteiger charge is 2.43. The lowest BCUT2D eigenvalue weighted by Crippen LogP contribution is -2.43. The van der Waals surface area contributed by atoms with Crippen molar-refractivity contribution in [2.45, 2.75) is 45.6 Å². The number of rotatable bonds is 8. The second-order valence-corrected chi connectivity index (χ2v) is 6.65. The lowest BCUT2D eigenvalue weighted by atomic mass is 10.2. The number of ether oxygens (including phenoxy) is 1. The molecule has 0 N–H and O–H groups in total. The topological polar surface area (TPSA) is 49.9 Å². The quantitative estimate of drug-likeness (QED) is 0.688. The summed E-state index contributed by atoms with van der Waals surface area (Å²) in [5.41, 5.74) is 0.638. The fourth-order valence-corrected chi connectivity index (χ4v) is 3.32. The third-order valence-corrected chi connectivity index (χ3v) is 4.67. The molecule has 0 aromatic heterocycles. The normalized spacial score (nSPS) is 21.0. The van der Waals surface area contributed by atoms with Gasteiger partial charge in [-0.05, 0) is 62.9 Å². The van der Waals surface area contributed by atoms with Crippen molar-refractivity contribution < 1.29 is 14.3 Å². The highest BCUT2D eigenvalue weighted by Crippen LogP contribution is 2.33. The first-order chi connectivity index (χ1) is 11.6. The van der Waals surface area contributed by atoms with Gasteiger partial charge in [-0.25, -0.2) is 4.90 Å². The molecule has 0 spiro atoms. The molecule has 1 aliphatic carbocycles. The molecule has 5 nitrogen and oxygen atoms in total. The average Bonchev–Trinajstić information content (AvgIpc) is 3.33. The minimum atomic E-state index is -0.301. The zero-order valence-electron chi connectivity index (χ0n) is 14.5. The molecule has 1 aromatic rings. The van der Waals surface area contributed by atoms with Crippen molar-refractivity contribution >= 4 is 17.5 Å². The zero-order valence-corrected chi connectivity index (χ0v) is 14.5. The van der Waals surface area contributed by atoms with Crippen LogP contribution in [0.4, 0.5) is 5.69 Å². The van der Waals surface area contributed by atoms with Gasteiger partial charge in [0.1, 0.15) is 5.75 Å². The largest absolute Gasteiger partial charge is 0.494 e. The summed E-state index contributed by atoms with van der Waals surface area (Å²) < 4.78 is 5.42. The maximum atomic E-state index is 12.9. The van der Waals surface area contributed by atoms with E-state index in [-0.39, 0.29) is 17.9 Å². The Morgan fingerprint density at radius 1 is 1.17 bits per heavy atom. The molecule has 1 heterocycles. The monoisotopic (exact) mass is 330 g/mol. The summed E-state index contributed by atoms with van der Waals surface area (Å²) in [7, 11) is 0. The van der Waals surface area contributed by atoms with Gasteiger partial charge >= 0.3 is 0 Å². The summed E-state index contributed by atoms with van der Waals surface area (Å²) in [6.45, 7) is 6.45. The number of benzene rings is 1. The van der Waals surface area contributed by atoms with Crippen molar-refractivity contribution in [3.8, 4) is 5.75 Å². The van der Waals surface area contributed by atoms with Gasteiger partial charge in [-0.2, -0.15) is 0 Å². The third-order valence-electron chi connectivity index (χ3n) is 4.67. The van der Waals surface area contributed by atoms with Crippen molar-refractivity contribution in [1.82, 2.24) is 4.90 Å². The number of nitrogens with zero attached hydrogens (tertiary/aromatic N) is 2. The van der Waals surface area contributed by atoms with Crippen LogP contribution in [0.5, 0.6) is 5.75 Å². The summed E-state index contributed by atoms with van der Waals surface area (Å²) >= 11 is 0. The fourth-order valence-electron chi connectivity index (χ4n) is 3.32. The summed E-state index contributed by atoms with van der Waals surface area (Å²) in [6, 6.07) is 6.88. The molecule has 0 bridgehead atoms. The zero-order chi connectivity index (χ0) is 17.1. The van der Waals surface area contributed by atoms with Crippen LogP contribution in [0.15, 0.2) is 24.3 Å². The van der Waals surface area contributed by atoms with Crippen LogP contribution >= 0.6 is 0 Å². The lowest BCUT2D eigenvalue weighted by molar-refractivity contribution is -0.123. The molecule has 3 rings (SSSR count). The van der Waals surface area contributed by atoms with Crippen LogP contribution < -0.4 is 9.64 Å². The minimum Gasteiger partial charge on any atom is -0.494 e. The molecular weight excluding hydrogens is 304 g/mol. The Hall–Kier alpha value is -1.88. The van der Waals surface area contributed by atoms with Crippen LogP contribution in [0, 0.1) is 5.92 Å². The number of amides is 2. The van der Waals surface area contributed by atoms with Crippen LogP contribution in [-0.2, 0) is 9.59 Å². The molecule has 1 saturated carbocycles. The lowest BCUT2D eigenvalue weighted by Gasteiger charge is -2.26. The molecule has 2 fully saturated rings. The first-order valence-electron chi connectivity index (χ1n) is 8.97. The molecule has 1 unspecified atom stereocenters. The highest BCUT2D eigenvalue weighted by molar-refractivity contribution is 6.22. The van der Waals surface area contributed by atoms with Crippen molar-refractivity contribution in [3.63, 3.8) is 0 Å². The number of hydrogen-bond acceptors (Lipinski definition) is 4. The Balaban J connectivity index is 1.74. The van der Waals surface area contributed by atoms with Gasteiger partial charge in [0.2, 0.25) is 5.91 Å². The standard InChI is InChI=1S/C19H26N2O3/c1-3-11-20(13-14-5-6-14)17-12-18(22)21(19(17)23)15-7-9-16(10-8-15)24-4-2/h7-10,14,17H,3-6,11-13H2,1-2H3. The highest BCUT2D eigenvalue weighted by atomic mass is 16.5. The maximum Gasteiger partial charge on any atom is 0.251 e. The minimum absolute atomic E-state index is 0.0849. The van der Waals surface area contributed by atoms with E-state index in [9.17, 15) is 9.59 Å². The van der Waals surface area contributed by atoms with Crippen molar-refractivity contribution in [2.75, 3.05) is 24.6 Å². The second kappa shape index (κ2) is 7.34. The van der Waals surface area contributed by atoms with E-state index >= 15 is 0 Å². The van der Waals surface area contributed by atoms with Crippen molar-refractivity contribution in [1.29, 1.82) is 0 Å². The van der Waals surface area contributed by atoms with E-state index in [4.69, 9.17) is 4.74 Å². The number of carbonyl (C=O) groups is 2. The van der Waals surface area contributed by atoms with E-state index in [1.165, 1.54) is 17.7 Å². The summed E-state index contributed by atoms with van der Waals surface area (Å²) in [5, 5.41) is 0. The number of imide groups is 1. The van der Waals surface area contributed by atoms with E-state index in [0.29, 0.717) is 24.6 Å². The van der Waals surface area contributed by atoms with Gasteiger partial charge in [0.15, 0.2) is 0 Å². The van der Waals surface area contributed by atoms with Crippen molar-refractivity contribution in [2.24, 2.45) is 5.92 Å². The number of hydrogen-bond donors (Lipinski definition) is 0. The Morgan fingerprint density at radius 3 is 2.46 bits per heavy atom. The molecule has 5 heteroatoms. The van der Waals surface area contributed by atoms with Crippen LogP contribution in [0.1, 0.15) is 39.5 Å². The van der Waals surface area contributed by atoms with E-state index in [1.54, 1.807) is 24.3 Å². The molecule has 2 aliphatic rings. The van der Waals surface area contributed by atoms with E-state index in [2.05, 4.69) is 11.8 Å². The van der Waals surface area contributed by atoms with Crippen LogP contribution in [0.2, 0.25) is 0 Å². The first kappa shape index (κ1) is 17.0. The maximum absolute atomic E-state index is 12.9. The second-order valence-electron chi connectivity index (χ2n) is 6.65. The van der Waals surface area contributed by atoms with Crippen molar-refractivity contribution in [3.05, 3.63) is 24.3 Å². The Labute approximate surface area is 143 Å². The first-order valence-corrected chi connectivity index (χ1v) is 8.97. The Bertz CT molecular complexity index is 595. The van der Waals surface area contributed by atoms with Gasteiger partial charge in [0, 0.05) is 6.54 Å². The van der Waals surface area contributed by atoms with Gasteiger partial charge in [-0.3, -0.25) is 14.5 Å². The summed E-state index contributed by atoms with van der Waals surface area (Å²) in [6.07, 6.45) is 3.78.